The van der Waals surface area contributed by atoms with Gasteiger partial charge in [-0.25, -0.2) is 0 Å². The largest absolute Gasteiger partial charge is 0.356 e. The number of carbonyl (C=O) groups is 1. The molecule has 1 fully saturated rings. The van der Waals surface area contributed by atoms with Crippen LogP contribution >= 0.6 is 0 Å². The molecule has 3 N–H and O–H groups in total. The minimum Gasteiger partial charge on any atom is -0.356 e. The molecule has 1 aliphatic carbocycles. The van der Waals surface area contributed by atoms with Gasteiger partial charge >= 0.3 is 0 Å². The number of rotatable bonds is 9. The van der Waals surface area contributed by atoms with E-state index in [2.05, 4.69) is 12.2 Å². The highest BCUT2D eigenvalue weighted by atomic mass is 16.1. The molecule has 112 valence electrons. The summed E-state index contributed by atoms with van der Waals surface area (Å²) in [6.07, 6.45) is 12.0. The fourth-order valence-corrected chi connectivity index (χ4v) is 2.92. The van der Waals surface area contributed by atoms with Crippen LogP contribution in [-0.4, -0.2) is 19.0 Å². The third kappa shape index (κ3) is 6.95. The van der Waals surface area contributed by atoms with Gasteiger partial charge in [0.1, 0.15) is 0 Å². The Morgan fingerprint density at radius 3 is 2.32 bits per heavy atom. The van der Waals surface area contributed by atoms with Crippen LogP contribution in [0.1, 0.15) is 71.1 Å². The average molecular weight is 268 g/mol. The molecule has 0 radical (unpaired) electrons. The van der Waals surface area contributed by atoms with E-state index in [-0.39, 0.29) is 11.8 Å². The molecule has 1 saturated carbocycles. The summed E-state index contributed by atoms with van der Waals surface area (Å²) in [5, 5.41) is 3.11. The van der Waals surface area contributed by atoms with Crippen molar-refractivity contribution in [2.75, 3.05) is 13.1 Å². The van der Waals surface area contributed by atoms with E-state index in [0.717, 1.165) is 45.2 Å². The fourth-order valence-electron chi connectivity index (χ4n) is 2.92. The molecule has 0 aromatic rings. The lowest BCUT2D eigenvalue weighted by atomic mass is 9.81. The summed E-state index contributed by atoms with van der Waals surface area (Å²) in [5.74, 6) is 1.19. The first kappa shape index (κ1) is 16.5. The molecule has 1 aliphatic rings. The number of amides is 1. The highest BCUT2D eigenvalue weighted by Crippen LogP contribution is 2.28. The Morgan fingerprint density at radius 1 is 1.05 bits per heavy atom. The normalized spacial score (nSPS) is 23.3. The van der Waals surface area contributed by atoms with Crippen molar-refractivity contribution in [3.63, 3.8) is 0 Å². The van der Waals surface area contributed by atoms with Gasteiger partial charge in [-0.3, -0.25) is 4.79 Å². The van der Waals surface area contributed by atoms with Crippen LogP contribution in [0.15, 0.2) is 0 Å². The van der Waals surface area contributed by atoms with Gasteiger partial charge in [0, 0.05) is 12.5 Å². The monoisotopic (exact) mass is 268 g/mol. The molecule has 1 rings (SSSR count). The van der Waals surface area contributed by atoms with Crippen molar-refractivity contribution in [2.24, 2.45) is 17.6 Å². The van der Waals surface area contributed by atoms with Gasteiger partial charge in [0.25, 0.3) is 0 Å². The Morgan fingerprint density at radius 2 is 1.68 bits per heavy atom. The van der Waals surface area contributed by atoms with Crippen LogP contribution in [0.25, 0.3) is 0 Å². The first-order valence-corrected chi connectivity index (χ1v) is 8.25. The van der Waals surface area contributed by atoms with Crippen LogP contribution in [0.5, 0.6) is 0 Å². The van der Waals surface area contributed by atoms with Crippen LogP contribution < -0.4 is 11.1 Å². The molecule has 0 spiro atoms. The van der Waals surface area contributed by atoms with Crippen LogP contribution in [0.3, 0.4) is 0 Å². The van der Waals surface area contributed by atoms with Crippen molar-refractivity contribution in [3.8, 4) is 0 Å². The molecule has 3 nitrogen and oxygen atoms in total. The lowest BCUT2D eigenvalue weighted by Crippen LogP contribution is -2.34. The summed E-state index contributed by atoms with van der Waals surface area (Å²) in [7, 11) is 0. The van der Waals surface area contributed by atoms with Gasteiger partial charge in [-0.05, 0) is 44.6 Å². The average Bonchev–Trinajstić information content (AvgIpc) is 2.46. The molecule has 19 heavy (non-hydrogen) atoms. The number of hydrogen-bond donors (Lipinski definition) is 2. The standard InChI is InChI=1S/C16H32N2O/c1-2-3-4-5-6-7-12-18-16(19)15-10-8-14(13-17)9-11-15/h14-15H,2-13,17H2,1H3,(H,18,19). The Labute approximate surface area is 118 Å². The summed E-state index contributed by atoms with van der Waals surface area (Å²) in [5.41, 5.74) is 5.67. The predicted molar refractivity (Wildman–Crippen MR) is 80.9 cm³/mol. The molecular weight excluding hydrogens is 236 g/mol. The lowest BCUT2D eigenvalue weighted by molar-refractivity contribution is -0.126. The summed E-state index contributed by atoms with van der Waals surface area (Å²) < 4.78 is 0. The second-order valence-electron chi connectivity index (χ2n) is 6.01. The molecule has 0 aromatic heterocycles. The highest BCUT2D eigenvalue weighted by Gasteiger charge is 2.25. The van der Waals surface area contributed by atoms with E-state index in [1.54, 1.807) is 0 Å². The Hall–Kier alpha value is -0.570. The van der Waals surface area contributed by atoms with Gasteiger partial charge in [-0.1, -0.05) is 39.0 Å². The van der Waals surface area contributed by atoms with E-state index in [4.69, 9.17) is 5.73 Å². The van der Waals surface area contributed by atoms with E-state index < -0.39 is 0 Å². The van der Waals surface area contributed by atoms with Gasteiger partial charge in [-0.15, -0.1) is 0 Å². The van der Waals surface area contributed by atoms with Gasteiger partial charge in [0.15, 0.2) is 0 Å². The van der Waals surface area contributed by atoms with E-state index in [1.165, 1.54) is 32.1 Å². The SMILES string of the molecule is CCCCCCCCNC(=O)C1CCC(CN)CC1. The maximum atomic E-state index is 12.0. The fraction of sp³-hybridized carbons (Fsp3) is 0.938. The van der Waals surface area contributed by atoms with Gasteiger partial charge in [0.05, 0.1) is 0 Å². The zero-order chi connectivity index (χ0) is 13.9. The maximum Gasteiger partial charge on any atom is 0.223 e. The van der Waals surface area contributed by atoms with Crippen molar-refractivity contribution in [2.45, 2.75) is 71.1 Å². The molecule has 0 bridgehead atoms. The zero-order valence-corrected chi connectivity index (χ0v) is 12.6. The van der Waals surface area contributed by atoms with Crippen molar-refractivity contribution < 1.29 is 4.79 Å². The third-order valence-corrected chi connectivity index (χ3v) is 4.38. The van der Waals surface area contributed by atoms with Crippen LogP contribution in [0.4, 0.5) is 0 Å². The van der Waals surface area contributed by atoms with Crippen molar-refractivity contribution in [3.05, 3.63) is 0 Å². The number of hydrogen-bond acceptors (Lipinski definition) is 2. The van der Waals surface area contributed by atoms with Crippen molar-refractivity contribution >= 4 is 5.91 Å². The van der Waals surface area contributed by atoms with Gasteiger partial charge < -0.3 is 11.1 Å². The number of carbonyl (C=O) groups excluding carboxylic acids is 1. The second kappa shape index (κ2) is 10.2. The summed E-state index contributed by atoms with van der Waals surface area (Å²) in [6.45, 7) is 3.88. The van der Waals surface area contributed by atoms with E-state index in [9.17, 15) is 4.79 Å². The smallest absolute Gasteiger partial charge is 0.223 e. The lowest BCUT2D eigenvalue weighted by Gasteiger charge is -2.26. The summed E-state index contributed by atoms with van der Waals surface area (Å²) in [6, 6.07) is 0. The molecule has 0 aromatic carbocycles. The van der Waals surface area contributed by atoms with Crippen molar-refractivity contribution in [1.82, 2.24) is 5.32 Å². The summed E-state index contributed by atoms with van der Waals surface area (Å²) >= 11 is 0. The third-order valence-electron chi connectivity index (χ3n) is 4.38. The molecule has 0 atom stereocenters. The molecule has 0 saturated heterocycles. The minimum absolute atomic E-state index is 0.253. The molecular formula is C16H32N2O. The Balaban J connectivity index is 1.99. The van der Waals surface area contributed by atoms with Crippen LogP contribution in [0.2, 0.25) is 0 Å². The molecule has 0 heterocycles. The molecule has 0 unspecified atom stereocenters. The zero-order valence-electron chi connectivity index (χ0n) is 12.6. The van der Waals surface area contributed by atoms with E-state index >= 15 is 0 Å². The predicted octanol–water partition coefficient (Wildman–Crippen LogP) is 3.23. The van der Waals surface area contributed by atoms with Gasteiger partial charge in [-0.2, -0.15) is 0 Å². The Kier molecular flexibility index (Phi) is 8.89. The number of unbranched alkanes of at least 4 members (excludes halogenated alkanes) is 5. The van der Waals surface area contributed by atoms with Crippen LogP contribution in [-0.2, 0) is 4.79 Å². The van der Waals surface area contributed by atoms with E-state index in [1.807, 2.05) is 0 Å². The second-order valence-corrected chi connectivity index (χ2v) is 6.01. The number of nitrogens with two attached hydrogens (primary N) is 1. The topological polar surface area (TPSA) is 55.1 Å². The number of nitrogens with one attached hydrogen (secondary N) is 1. The Bertz CT molecular complexity index is 235. The molecule has 1 amide bonds. The van der Waals surface area contributed by atoms with Crippen LogP contribution in [0, 0.1) is 11.8 Å². The minimum atomic E-state index is 0.253. The maximum absolute atomic E-state index is 12.0. The highest BCUT2D eigenvalue weighted by molar-refractivity contribution is 5.78. The summed E-state index contributed by atoms with van der Waals surface area (Å²) in [4.78, 5) is 12.0. The quantitative estimate of drug-likeness (QED) is 0.631. The van der Waals surface area contributed by atoms with Crippen molar-refractivity contribution in [1.29, 1.82) is 0 Å². The first-order chi connectivity index (χ1) is 9.27. The van der Waals surface area contributed by atoms with E-state index in [0.29, 0.717) is 5.92 Å². The van der Waals surface area contributed by atoms with Gasteiger partial charge in [0.2, 0.25) is 5.91 Å². The first-order valence-electron chi connectivity index (χ1n) is 8.25. The molecule has 3 heteroatoms. The molecule has 0 aliphatic heterocycles.